The van der Waals surface area contributed by atoms with Crippen LogP contribution in [0.3, 0.4) is 0 Å². The molecule has 0 aliphatic heterocycles. The number of hydrogen-bond acceptors (Lipinski definition) is 3. The lowest BCUT2D eigenvalue weighted by Gasteiger charge is -2.39. The second kappa shape index (κ2) is 6.48. The fraction of sp³-hybridized carbons (Fsp3) is 0.588. The van der Waals surface area contributed by atoms with E-state index in [1.807, 2.05) is 0 Å². The molecule has 1 fully saturated rings. The Morgan fingerprint density at radius 3 is 2.67 bits per heavy atom. The van der Waals surface area contributed by atoms with Crippen molar-refractivity contribution < 1.29 is 47.5 Å². The van der Waals surface area contributed by atoms with E-state index in [1.165, 1.54) is 0 Å². The summed E-state index contributed by atoms with van der Waals surface area (Å²) in [4.78, 5) is 12.9. The van der Waals surface area contributed by atoms with Crippen LogP contribution in [-0.2, 0) is 4.79 Å². The standard InChI is InChI=1S/C17H25NO3/c1-18(2)16(19)15(17(20)11-5-4-6-12-17)13-7-9-14(21-3)10-8-13/h7-10,15,20H,4-6,11-12H2,1-3H3/i1D3,2D3,3D3,4D2,5D2,6D2,7D,8D,9D,10D,11D2,12D2,15D. The normalized spacial score (nSPS) is 50.9. The van der Waals surface area contributed by atoms with Crippen LogP contribution < -0.4 is 4.74 Å². The zero-order valence-corrected chi connectivity index (χ0v) is 10.2. The molecule has 1 aromatic rings. The lowest BCUT2D eigenvalue weighted by atomic mass is 9.72. The number of amides is 1. The Bertz CT molecular complexity index is 1300. The van der Waals surface area contributed by atoms with Gasteiger partial charge in [-0.3, -0.25) is 4.79 Å². The lowest BCUT2D eigenvalue weighted by Crippen LogP contribution is -2.46. The molecule has 1 N–H and O–H groups in total. The molecule has 1 aliphatic rings. The Hall–Kier alpha value is -1.55. The molecule has 4 nitrogen and oxygen atoms in total. The number of ether oxygens (including phenoxy) is 1. The summed E-state index contributed by atoms with van der Waals surface area (Å²) in [5, 5.41) is 12.0. The molecule has 116 valence electrons. The van der Waals surface area contributed by atoms with Crippen molar-refractivity contribution in [2.75, 3.05) is 21.0 Å². The van der Waals surface area contributed by atoms with Gasteiger partial charge in [-0.2, -0.15) is 0 Å². The van der Waals surface area contributed by atoms with Crippen LogP contribution in [0.4, 0.5) is 0 Å². The molecule has 1 atom stereocenters. The van der Waals surface area contributed by atoms with Gasteiger partial charge in [0.05, 0.1) is 28.1 Å². The Morgan fingerprint density at radius 2 is 2.10 bits per heavy atom. The summed E-state index contributed by atoms with van der Waals surface area (Å²) in [5.74, 6) is -9.34. The van der Waals surface area contributed by atoms with Gasteiger partial charge < -0.3 is 14.7 Å². The third kappa shape index (κ3) is 3.38. The number of aliphatic hydroxyl groups is 1. The first-order valence-electron chi connectivity index (χ1n) is 17.3. The molecule has 0 radical (unpaired) electrons. The second-order valence-electron chi connectivity index (χ2n) is 3.66. The highest BCUT2D eigenvalue weighted by Gasteiger charge is 2.43. The van der Waals surface area contributed by atoms with Crippen LogP contribution in [0.15, 0.2) is 24.2 Å². The van der Waals surface area contributed by atoms with Crippen molar-refractivity contribution in [1.82, 2.24) is 4.90 Å². The van der Waals surface area contributed by atoms with E-state index in [4.69, 9.17) is 32.9 Å². The topological polar surface area (TPSA) is 49.8 Å². The van der Waals surface area contributed by atoms with Crippen molar-refractivity contribution in [3.05, 3.63) is 29.7 Å². The minimum absolute atomic E-state index is 1.19. The van der Waals surface area contributed by atoms with Crippen LogP contribution in [0.25, 0.3) is 0 Å². The zero-order chi connectivity index (χ0) is 36.3. The van der Waals surface area contributed by atoms with Gasteiger partial charge in [0, 0.05) is 37.3 Å². The predicted molar refractivity (Wildman–Crippen MR) is 82.5 cm³/mol. The first-order valence-corrected chi connectivity index (χ1v) is 5.26. The highest BCUT2D eigenvalue weighted by molar-refractivity contribution is 5.84. The van der Waals surface area contributed by atoms with Crippen molar-refractivity contribution in [2.24, 2.45) is 0 Å². The number of hydrogen-bond donors (Lipinski definition) is 1. The molecule has 1 aromatic carbocycles. The van der Waals surface area contributed by atoms with Gasteiger partial charge in [0.25, 0.3) is 0 Å². The Morgan fingerprint density at radius 1 is 1.43 bits per heavy atom. The van der Waals surface area contributed by atoms with Crippen LogP contribution in [-0.4, -0.2) is 42.5 Å². The summed E-state index contributed by atoms with van der Waals surface area (Å²) in [6, 6.07) is -6.99. The van der Waals surface area contributed by atoms with Crippen molar-refractivity contribution >= 4 is 5.91 Å². The highest BCUT2D eigenvalue weighted by atomic mass is 16.5. The monoisotopic (exact) mass is 315 g/mol. The summed E-state index contributed by atoms with van der Waals surface area (Å²) >= 11 is 0. The number of rotatable bonds is 4. The van der Waals surface area contributed by atoms with E-state index < -0.39 is 111 Å². The number of carbonyl (C=O) groups excluding carboxylic acids is 1. The Kier molecular flexibility index (Phi) is 1.03. The van der Waals surface area contributed by atoms with E-state index in [0.717, 1.165) is 0 Å². The van der Waals surface area contributed by atoms with Crippen LogP contribution in [0, 0.1) is 0 Å². The maximum Gasteiger partial charge on any atom is 0.232 e. The van der Waals surface area contributed by atoms with Crippen molar-refractivity contribution in [3.8, 4) is 5.75 Å². The fourth-order valence-corrected chi connectivity index (χ4v) is 1.46. The molecule has 0 heterocycles. The molecule has 1 saturated carbocycles. The van der Waals surface area contributed by atoms with Crippen LogP contribution in [0.2, 0.25) is 0 Å². The van der Waals surface area contributed by atoms with Gasteiger partial charge >= 0.3 is 0 Å². The fourth-order valence-electron chi connectivity index (χ4n) is 1.46. The SMILES string of the molecule is [2H]c1c([2H])c(C([2H])(C(=O)N(C([2H])([2H])[2H])C([2H])([2H])[2H])C2(O)C([2H])([2H])C([2H])([2H])C([2H])([2H])C([2H])([2H])C2([2H])[2H])c([2H])c([2H])c1OC([2H])([2H])[2H]. The summed E-state index contributed by atoms with van der Waals surface area (Å²) in [7, 11) is -3.49. The molecule has 0 aromatic heterocycles. The van der Waals surface area contributed by atoms with Crippen molar-refractivity contribution in [1.29, 1.82) is 0 Å². The molecule has 1 unspecified atom stereocenters. The summed E-state index contributed by atoms with van der Waals surface area (Å²) < 4.78 is 196. The maximum atomic E-state index is 14.1. The molecular formula is C17H25NO3. The molecule has 1 aliphatic carbocycles. The molecular weight excluding hydrogens is 266 g/mol. The van der Waals surface area contributed by atoms with Gasteiger partial charge in [0.15, 0.2) is 0 Å². The maximum absolute atomic E-state index is 14.1. The largest absolute Gasteiger partial charge is 0.497 e. The van der Waals surface area contributed by atoms with Crippen LogP contribution >= 0.6 is 0 Å². The number of methoxy groups -OCH3 is 1. The van der Waals surface area contributed by atoms with Gasteiger partial charge in [-0.25, -0.2) is 0 Å². The van der Waals surface area contributed by atoms with E-state index in [0.29, 0.717) is 0 Å². The molecule has 4 heteroatoms. The zero-order valence-electron chi connectivity index (χ0n) is 34.2. The molecule has 1 amide bonds. The molecule has 2 rings (SSSR count). The second-order valence-corrected chi connectivity index (χ2v) is 3.66. The smallest absolute Gasteiger partial charge is 0.232 e. The third-order valence-electron chi connectivity index (χ3n) is 2.34. The minimum atomic E-state index is -5.17. The number of likely N-dealkylation sites (N-methyl/N-ethyl adjacent to an activating group) is 1. The Balaban J connectivity index is 3.46. The van der Waals surface area contributed by atoms with Crippen LogP contribution in [0.5, 0.6) is 5.75 Å². The van der Waals surface area contributed by atoms with Gasteiger partial charge in [-0.1, -0.05) is 31.2 Å². The van der Waals surface area contributed by atoms with E-state index in [-0.39, 0.29) is 0 Å². The summed E-state index contributed by atoms with van der Waals surface area (Å²) in [5.41, 5.74) is -7.24. The lowest BCUT2D eigenvalue weighted by molar-refractivity contribution is -0.139. The summed E-state index contributed by atoms with van der Waals surface area (Å²) in [6.45, 7) is -8.46. The van der Waals surface area contributed by atoms with Gasteiger partial charge in [0.1, 0.15) is 5.75 Å². The molecule has 0 saturated heterocycles. The number of benzene rings is 1. The number of carbonyl (C=O) groups is 1. The summed E-state index contributed by atoms with van der Waals surface area (Å²) in [6.07, 6.45) is -22.9. The van der Waals surface area contributed by atoms with E-state index in [9.17, 15) is 9.90 Å². The number of nitrogens with zero attached hydrogens (tertiary/aromatic N) is 1. The quantitative estimate of drug-likeness (QED) is 0.929. The average Bonchev–Trinajstić information content (AvgIpc) is 2.80. The molecule has 0 bridgehead atoms. The average molecular weight is 316 g/mol. The van der Waals surface area contributed by atoms with E-state index >= 15 is 0 Å². The van der Waals surface area contributed by atoms with Crippen molar-refractivity contribution in [2.45, 2.75) is 43.4 Å². The highest BCUT2D eigenvalue weighted by Crippen LogP contribution is 2.41. The van der Waals surface area contributed by atoms with Gasteiger partial charge in [0.2, 0.25) is 5.91 Å². The minimum Gasteiger partial charge on any atom is -0.497 e. The Labute approximate surface area is 160 Å². The first kappa shape index (κ1) is 3.35. The third-order valence-corrected chi connectivity index (χ3v) is 2.34. The van der Waals surface area contributed by atoms with Crippen LogP contribution in [0.1, 0.15) is 76.2 Å². The van der Waals surface area contributed by atoms with Gasteiger partial charge in [-0.05, 0) is 30.4 Å². The van der Waals surface area contributed by atoms with Gasteiger partial charge in [-0.15, -0.1) is 0 Å². The first-order chi connectivity index (χ1) is 19.4. The van der Waals surface area contributed by atoms with E-state index in [1.54, 1.807) is 0 Å². The molecule has 21 heavy (non-hydrogen) atoms. The van der Waals surface area contributed by atoms with E-state index in [2.05, 4.69) is 4.74 Å². The molecule has 0 spiro atoms. The van der Waals surface area contributed by atoms with Crippen molar-refractivity contribution in [3.63, 3.8) is 0 Å². The predicted octanol–water partition coefficient (Wildman–Crippen LogP) is 2.56.